The minimum Gasteiger partial charge on any atom is -0.472 e. The Bertz CT molecular complexity index is 786. The van der Waals surface area contributed by atoms with Gasteiger partial charge < -0.3 is 18.6 Å². The highest BCUT2D eigenvalue weighted by molar-refractivity contribution is 5.78. The first-order valence-corrected chi connectivity index (χ1v) is 9.58. The number of epoxide rings is 1. The van der Waals surface area contributed by atoms with Gasteiger partial charge in [-0.2, -0.15) is 0 Å². The van der Waals surface area contributed by atoms with Crippen LogP contribution in [0.1, 0.15) is 44.3 Å². The van der Waals surface area contributed by atoms with Gasteiger partial charge in [-0.3, -0.25) is 9.59 Å². The number of furan rings is 1. The number of carbonyl (C=O) groups is 2. The van der Waals surface area contributed by atoms with Crippen molar-refractivity contribution in [2.75, 3.05) is 6.61 Å². The van der Waals surface area contributed by atoms with Crippen LogP contribution in [0, 0.1) is 28.6 Å². The molecule has 6 heteroatoms. The van der Waals surface area contributed by atoms with Crippen molar-refractivity contribution in [1.29, 1.82) is 0 Å². The maximum atomic E-state index is 12.9. The van der Waals surface area contributed by atoms with Crippen LogP contribution in [-0.2, 0) is 23.8 Å². The SMILES string of the molecule is C[C@@]12C[C@H](c3ccoc3)OC(=O)[C@H]1CC[C@@]13COC(=O)[C@H]1C[C@@H]1O[C@@H]1[C@@H]23. The maximum absolute atomic E-state index is 12.9. The van der Waals surface area contributed by atoms with Gasteiger partial charge in [-0.25, -0.2) is 0 Å². The molecule has 1 aromatic rings. The van der Waals surface area contributed by atoms with Crippen LogP contribution in [0.2, 0.25) is 0 Å². The zero-order valence-electron chi connectivity index (χ0n) is 14.7. The third kappa shape index (κ3) is 1.71. The van der Waals surface area contributed by atoms with E-state index in [9.17, 15) is 9.59 Å². The fourth-order valence-corrected chi connectivity index (χ4v) is 6.83. The minimum atomic E-state index is -0.298. The molecule has 0 aromatic carbocycles. The number of cyclic esters (lactones) is 2. The Balaban J connectivity index is 1.44. The number of hydrogen-bond acceptors (Lipinski definition) is 6. The number of rotatable bonds is 1. The summed E-state index contributed by atoms with van der Waals surface area (Å²) in [6.45, 7) is 2.68. The standard InChI is InChI=1S/C20H22O6/c1-19-7-14(10-3-5-23-8-10)26-18(22)11(19)2-4-20-9-24-17(21)12(20)6-13-15(25-13)16(19)20/h3,5,8,11-16H,2,4,6-7,9H2,1H3/t11-,12-,13+,14-,15+,16+,19-,20-/m1/s1. The molecular weight excluding hydrogens is 336 g/mol. The maximum Gasteiger partial charge on any atom is 0.310 e. The lowest BCUT2D eigenvalue weighted by Gasteiger charge is -2.59. The van der Waals surface area contributed by atoms with Gasteiger partial charge in [0.15, 0.2) is 0 Å². The van der Waals surface area contributed by atoms with Crippen LogP contribution < -0.4 is 0 Å². The van der Waals surface area contributed by atoms with Crippen molar-refractivity contribution in [1.82, 2.24) is 0 Å². The molecule has 1 aromatic heterocycles. The van der Waals surface area contributed by atoms with Crippen LogP contribution in [0.3, 0.4) is 0 Å². The van der Waals surface area contributed by atoms with Gasteiger partial charge in [0.05, 0.1) is 43.2 Å². The average Bonchev–Trinajstić information content (AvgIpc) is 3.01. The molecule has 6 nitrogen and oxygen atoms in total. The summed E-state index contributed by atoms with van der Waals surface area (Å²) in [5, 5.41) is 0. The van der Waals surface area contributed by atoms with Crippen molar-refractivity contribution in [3.63, 3.8) is 0 Å². The second-order valence-electron chi connectivity index (χ2n) is 9.03. The van der Waals surface area contributed by atoms with Crippen LogP contribution >= 0.6 is 0 Å². The lowest BCUT2D eigenvalue weighted by atomic mass is 9.44. The van der Waals surface area contributed by atoms with Crippen molar-refractivity contribution < 1.29 is 28.2 Å². The molecule has 6 rings (SSSR count). The van der Waals surface area contributed by atoms with Crippen LogP contribution in [0.15, 0.2) is 23.0 Å². The van der Waals surface area contributed by atoms with Crippen LogP contribution in [-0.4, -0.2) is 30.8 Å². The molecule has 1 spiro atoms. The molecule has 8 atom stereocenters. The molecule has 0 radical (unpaired) electrons. The van der Waals surface area contributed by atoms with Gasteiger partial charge in [0, 0.05) is 16.9 Å². The highest BCUT2D eigenvalue weighted by Gasteiger charge is 2.74. The minimum absolute atomic E-state index is 0.0734. The smallest absolute Gasteiger partial charge is 0.310 e. The van der Waals surface area contributed by atoms with E-state index < -0.39 is 0 Å². The first-order chi connectivity index (χ1) is 12.5. The Kier molecular flexibility index (Phi) is 2.77. The van der Waals surface area contributed by atoms with E-state index in [-0.39, 0.29) is 58.8 Å². The van der Waals surface area contributed by atoms with Crippen LogP contribution in [0.5, 0.6) is 0 Å². The lowest BCUT2D eigenvalue weighted by Crippen LogP contribution is -2.61. The van der Waals surface area contributed by atoms with Crippen molar-refractivity contribution >= 4 is 11.9 Å². The molecule has 0 bridgehead atoms. The van der Waals surface area contributed by atoms with Crippen molar-refractivity contribution in [2.24, 2.45) is 28.6 Å². The molecule has 138 valence electrons. The van der Waals surface area contributed by atoms with Gasteiger partial charge in [-0.1, -0.05) is 6.92 Å². The number of hydrogen-bond donors (Lipinski definition) is 0. The summed E-state index contributed by atoms with van der Waals surface area (Å²) in [5.41, 5.74) is 0.456. The number of carbonyl (C=O) groups excluding carboxylic acids is 2. The highest BCUT2D eigenvalue weighted by Crippen LogP contribution is 2.70. The molecule has 0 amide bonds. The van der Waals surface area contributed by atoms with E-state index in [0.717, 1.165) is 31.2 Å². The largest absolute Gasteiger partial charge is 0.472 e. The number of esters is 2. The summed E-state index contributed by atoms with van der Waals surface area (Å²) in [4.78, 5) is 25.3. The average molecular weight is 358 g/mol. The summed E-state index contributed by atoms with van der Waals surface area (Å²) in [6.07, 6.45) is 6.37. The zero-order chi connectivity index (χ0) is 17.7. The predicted octanol–water partition coefficient (Wildman–Crippen LogP) is 2.63. The van der Waals surface area contributed by atoms with Gasteiger partial charge >= 0.3 is 11.9 Å². The molecule has 0 unspecified atom stereocenters. The summed E-state index contributed by atoms with van der Waals surface area (Å²) in [6, 6.07) is 1.86. The Hall–Kier alpha value is -1.82. The molecule has 3 aliphatic heterocycles. The molecule has 26 heavy (non-hydrogen) atoms. The zero-order valence-corrected chi connectivity index (χ0v) is 14.7. The van der Waals surface area contributed by atoms with E-state index in [2.05, 4.69) is 6.92 Å². The lowest BCUT2D eigenvalue weighted by molar-refractivity contribution is -0.199. The van der Waals surface area contributed by atoms with E-state index in [1.54, 1.807) is 12.5 Å². The van der Waals surface area contributed by atoms with Gasteiger partial charge in [-0.05, 0) is 37.2 Å². The molecule has 4 heterocycles. The van der Waals surface area contributed by atoms with E-state index in [4.69, 9.17) is 18.6 Å². The van der Waals surface area contributed by atoms with E-state index in [1.807, 2.05) is 6.07 Å². The molecule has 2 aliphatic carbocycles. The van der Waals surface area contributed by atoms with Gasteiger partial charge in [0.1, 0.15) is 6.10 Å². The second kappa shape index (κ2) is 4.71. The number of fused-ring (bicyclic) bond motifs is 4. The molecular formula is C20H22O6. The van der Waals surface area contributed by atoms with Gasteiger partial charge in [0.2, 0.25) is 0 Å². The fraction of sp³-hybridized carbons (Fsp3) is 0.700. The van der Waals surface area contributed by atoms with Crippen molar-refractivity contribution in [3.8, 4) is 0 Å². The van der Waals surface area contributed by atoms with Crippen molar-refractivity contribution in [3.05, 3.63) is 24.2 Å². The van der Waals surface area contributed by atoms with Crippen molar-refractivity contribution in [2.45, 2.75) is 50.9 Å². The van der Waals surface area contributed by atoms with Crippen LogP contribution in [0.4, 0.5) is 0 Å². The van der Waals surface area contributed by atoms with Gasteiger partial charge in [-0.15, -0.1) is 0 Å². The van der Waals surface area contributed by atoms with Gasteiger partial charge in [0.25, 0.3) is 0 Å². The number of ether oxygens (including phenoxy) is 3. The molecule has 3 saturated heterocycles. The third-order valence-corrected chi connectivity index (χ3v) is 7.99. The Morgan fingerprint density at radius 3 is 2.88 bits per heavy atom. The molecule has 0 N–H and O–H groups in total. The quantitative estimate of drug-likeness (QED) is 0.567. The Labute approximate surface area is 151 Å². The molecule has 5 fully saturated rings. The summed E-state index contributed by atoms with van der Waals surface area (Å²) < 4.78 is 22.6. The second-order valence-corrected chi connectivity index (χ2v) is 9.03. The summed E-state index contributed by atoms with van der Waals surface area (Å²) >= 11 is 0. The monoisotopic (exact) mass is 358 g/mol. The first kappa shape index (κ1) is 15.3. The predicted molar refractivity (Wildman–Crippen MR) is 86.6 cm³/mol. The third-order valence-electron chi connectivity index (χ3n) is 7.99. The van der Waals surface area contributed by atoms with E-state index >= 15 is 0 Å². The van der Waals surface area contributed by atoms with Crippen LogP contribution in [0.25, 0.3) is 0 Å². The van der Waals surface area contributed by atoms with E-state index in [0.29, 0.717) is 6.61 Å². The molecule has 2 saturated carbocycles. The Morgan fingerprint density at radius 1 is 1.19 bits per heavy atom. The first-order valence-electron chi connectivity index (χ1n) is 9.58. The topological polar surface area (TPSA) is 78.3 Å². The van der Waals surface area contributed by atoms with E-state index in [1.165, 1.54) is 0 Å². The fourth-order valence-electron chi connectivity index (χ4n) is 6.83. The highest BCUT2D eigenvalue weighted by atomic mass is 16.6. The Morgan fingerprint density at radius 2 is 2.08 bits per heavy atom. The molecule has 5 aliphatic rings. The normalized spacial score (nSPS) is 51.4. The summed E-state index contributed by atoms with van der Waals surface area (Å²) in [5.74, 6) is -0.258. The summed E-state index contributed by atoms with van der Waals surface area (Å²) in [7, 11) is 0.